The fourth-order valence-corrected chi connectivity index (χ4v) is 4.20. The molecule has 1 amide bonds. The quantitative estimate of drug-likeness (QED) is 0.470. The average molecular weight is 477 g/mol. The molecule has 32 heavy (non-hydrogen) atoms. The first-order valence-electron chi connectivity index (χ1n) is 9.86. The van der Waals surface area contributed by atoms with Gasteiger partial charge < -0.3 is 10.1 Å². The molecule has 0 aliphatic heterocycles. The maximum atomic E-state index is 13.0. The summed E-state index contributed by atoms with van der Waals surface area (Å²) < 4.78 is 46.3. The molecule has 9 heteroatoms. The lowest BCUT2D eigenvalue weighted by atomic mass is 10.1. The fourth-order valence-electron chi connectivity index (χ4n) is 2.91. The molecule has 0 spiro atoms. The zero-order chi connectivity index (χ0) is 23.1. The Morgan fingerprint density at radius 2 is 1.72 bits per heavy atom. The Hall–Kier alpha value is -3.10. The molecule has 168 valence electrons. The van der Waals surface area contributed by atoms with Gasteiger partial charge in [0.05, 0.1) is 22.1 Å². The summed E-state index contributed by atoms with van der Waals surface area (Å²) in [5, 5.41) is 2.83. The minimum absolute atomic E-state index is 0.0420. The van der Waals surface area contributed by atoms with E-state index in [1.165, 1.54) is 30.3 Å². The SMILES string of the molecule is CCOc1ccc(NS(=O)(=O)c2ccc(Cl)c(C(=O)NCCc3ccc(F)cc3)c2)cc1. The predicted octanol–water partition coefficient (Wildman–Crippen LogP) is 4.65. The summed E-state index contributed by atoms with van der Waals surface area (Å²) in [6.45, 7) is 2.64. The van der Waals surface area contributed by atoms with E-state index in [0.717, 1.165) is 5.56 Å². The minimum Gasteiger partial charge on any atom is -0.494 e. The number of hydrogen-bond acceptors (Lipinski definition) is 4. The third-order valence-corrected chi connectivity index (χ3v) is 6.23. The molecule has 3 rings (SSSR count). The van der Waals surface area contributed by atoms with E-state index in [4.69, 9.17) is 16.3 Å². The molecule has 3 aromatic rings. The van der Waals surface area contributed by atoms with Crippen molar-refractivity contribution in [2.45, 2.75) is 18.2 Å². The number of nitrogens with one attached hydrogen (secondary N) is 2. The van der Waals surface area contributed by atoms with Crippen molar-refractivity contribution in [1.82, 2.24) is 5.32 Å². The molecule has 0 aromatic heterocycles. The van der Waals surface area contributed by atoms with Crippen molar-refractivity contribution < 1.29 is 22.3 Å². The molecule has 0 saturated carbocycles. The van der Waals surface area contributed by atoms with Crippen molar-refractivity contribution in [2.24, 2.45) is 0 Å². The summed E-state index contributed by atoms with van der Waals surface area (Å²) in [5.41, 5.74) is 1.25. The second kappa shape index (κ2) is 10.5. The summed E-state index contributed by atoms with van der Waals surface area (Å²) in [5.74, 6) is -0.210. The molecular weight excluding hydrogens is 455 g/mol. The highest BCUT2D eigenvalue weighted by Gasteiger charge is 2.19. The molecule has 6 nitrogen and oxygen atoms in total. The number of sulfonamides is 1. The van der Waals surface area contributed by atoms with Crippen LogP contribution in [0.5, 0.6) is 5.75 Å². The van der Waals surface area contributed by atoms with Crippen molar-refractivity contribution in [3.8, 4) is 5.75 Å². The van der Waals surface area contributed by atoms with Gasteiger partial charge in [-0.15, -0.1) is 0 Å². The first-order valence-corrected chi connectivity index (χ1v) is 11.7. The van der Waals surface area contributed by atoms with Crippen LogP contribution in [0.15, 0.2) is 71.6 Å². The van der Waals surface area contributed by atoms with Gasteiger partial charge in [0.1, 0.15) is 11.6 Å². The molecule has 0 fully saturated rings. The molecule has 0 radical (unpaired) electrons. The molecule has 0 saturated heterocycles. The van der Waals surface area contributed by atoms with Crippen molar-refractivity contribution in [1.29, 1.82) is 0 Å². The van der Waals surface area contributed by atoms with E-state index in [0.29, 0.717) is 24.5 Å². The Morgan fingerprint density at radius 1 is 1.03 bits per heavy atom. The van der Waals surface area contributed by atoms with Gasteiger partial charge in [0.15, 0.2) is 0 Å². The number of ether oxygens (including phenoxy) is 1. The number of hydrogen-bond donors (Lipinski definition) is 2. The van der Waals surface area contributed by atoms with E-state index in [-0.39, 0.29) is 27.8 Å². The maximum absolute atomic E-state index is 13.0. The Labute approximate surface area is 191 Å². The van der Waals surface area contributed by atoms with Crippen LogP contribution in [0.3, 0.4) is 0 Å². The topological polar surface area (TPSA) is 84.5 Å². The van der Waals surface area contributed by atoms with Gasteiger partial charge in [0.2, 0.25) is 0 Å². The number of amides is 1. The summed E-state index contributed by atoms with van der Waals surface area (Å²) in [4.78, 5) is 12.5. The Balaban J connectivity index is 1.69. The van der Waals surface area contributed by atoms with Crippen LogP contribution >= 0.6 is 11.6 Å². The van der Waals surface area contributed by atoms with E-state index in [1.54, 1.807) is 36.4 Å². The summed E-state index contributed by atoms with van der Waals surface area (Å²) in [6.07, 6.45) is 0.487. The van der Waals surface area contributed by atoms with Crippen molar-refractivity contribution in [3.63, 3.8) is 0 Å². The van der Waals surface area contributed by atoms with E-state index in [1.807, 2.05) is 6.92 Å². The Morgan fingerprint density at radius 3 is 2.38 bits per heavy atom. The highest BCUT2D eigenvalue weighted by Crippen LogP contribution is 2.23. The van der Waals surface area contributed by atoms with Gasteiger partial charge in [-0.1, -0.05) is 23.7 Å². The van der Waals surface area contributed by atoms with Crippen LogP contribution in [0.4, 0.5) is 10.1 Å². The van der Waals surface area contributed by atoms with Gasteiger partial charge in [0, 0.05) is 12.2 Å². The van der Waals surface area contributed by atoms with Gasteiger partial charge in [-0.25, -0.2) is 12.8 Å². The molecule has 2 N–H and O–H groups in total. The molecule has 0 unspecified atom stereocenters. The minimum atomic E-state index is -3.94. The van der Waals surface area contributed by atoms with Gasteiger partial charge in [-0.2, -0.15) is 0 Å². The number of benzene rings is 3. The van der Waals surface area contributed by atoms with Crippen LogP contribution in [0, 0.1) is 5.82 Å². The third kappa shape index (κ3) is 6.21. The maximum Gasteiger partial charge on any atom is 0.261 e. The lowest BCUT2D eigenvalue weighted by molar-refractivity contribution is 0.0954. The second-order valence-corrected chi connectivity index (χ2v) is 8.93. The van der Waals surface area contributed by atoms with E-state index < -0.39 is 15.9 Å². The molecule has 0 aliphatic carbocycles. The van der Waals surface area contributed by atoms with E-state index >= 15 is 0 Å². The largest absolute Gasteiger partial charge is 0.494 e. The van der Waals surface area contributed by atoms with E-state index in [2.05, 4.69) is 10.0 Å². The summed E-state index contributed by atoms with van der Waals surface area (Å²) in [6, 6.07) is 16.4. The standard InChI is InChI=1S/C23H22ClFN2O4S/c1-2-31-19-9-7-18(8-10-19)27-32(29,30)20-11-12-22(24)21(15-20)23(28)26-14-13-16-3-5-17(25)6-4-16/h3-12,15,27H,2,13-14H2,1H3,(H,26,28). The Kier molecular flexibility index (Phi) is 7.71. The predicted molar refractivity (Wildman–Crippen MR) is 122 cm³/mol. The van der Waals surface area contributed by atoms with Crippen molar-refractivity contribution >= 4 is 33.2 Å². The normalized spacial score (nSPS) is 11.1. The van der Waals surface area contributed by atoms with Crippen molar-refractivity contribution in [3.05, 3.63) is 88.7 Å². The lowest BCUT2D eigenvalue weighted by Gasteiger charge is -2.12. The van der Waals surface area contributed by atoms with Gasteiger partial charge >= 0.3 is 0 Å². The Bertz CT molecular complexity index is 1180. The molecular formula is C23H22ClFN2O4S. The first-order chi connectivity index (χ1) is 15.3. The number of carbonyl (C=O) groups excluding carboxylic acids is 1. The van der Waals surface area contributed by atoms with Crippen LogP contribution in [-0.2, 0) is 16.4 Å². The second-order valence-electron chi connectivity index (χ2n) is 6.84. The molecule has 0 atom stereocenters. The van der Waals surface area contributed by atoms with Crippen LogP contribution in [0.1, 0.15) is 22.8 Å². The molecule has 0 aliphatic rings. The first kappa shape index (κ1) is 23.6. The number of halogens is 2. The summed E-state index contributed by atoms with van der Waals surface area (Å²) >= 11 is 6.13. The highest BCUT2D eigenvalue weighted by molar-refractivity contribution is 7.92. The molecule has 0 heterocycles. The van der Waals surface area contributed by atoms with Gasteiger partial charge in [-0.3, -0.25) is 9.52 Å². The van der Waals surface area contributed by atoms with Crippen LogP contribution in [-0.4, -0.2) is 27.5 Å². The van der Waals surface area contributed by atoms with Crippen molar-refractivity contribution in [2.75, 3.05) is 17.9 Å². The zero-order valence-electron chi connectivity index (χ0n) is 17.3. The third-order valence-electron chi connectivity index (χ3n) is 4.52. The summed E-state index contributed by atoms with van der Waals surface area (Å²) in [7, 11) is -3.94. The average Bonchev–Trinajstić information content (AvgIpc) is 2.76. The molecule has 3 aromatic carbocycles. The zero-order valence-corrected chi connectivity index (χ0v) is 18.8. The van der Waals surface area contributed by atoms with E-state index in [9.17, 15) is 17.6 Å². The van der Waals surface area contributed by atoms with Crippen LogP contribution < -0.4 is 14.8 Å². The number of anilines is 1. The fraction of sp³-hybridized carbons (Fsp3) is 0.174. The smallest absolute Gasteiger partial charge is 0.261 e. The van der Waals surface area contributed by atoms with Crippen LogP contribution in [0.25, 0.3) is 0 Å². The van der Waals surface area contributed by atoms with Crippen LogP contribution in [0.2, 0.25) is 5.02 Å². The lowest BCUT2D eigenvalue weighted by Crippen LogP contribution is -2.26. The van der Waals surface area contributed by atoms with Gasteiger partial charge in [-0.05, 0) is 73.5 Å². The monoisotopic (exact) mass is 476 g/mol. The molecule has 0 bridgehead atoms. The highest BCUT2D eigenvalue weighted by atomic mass is 35.5. The number of carbonyl (C=O) groups is 1. The van der Waals surface area contributed by atoms with Gasteiger partial charge in [0.25, 0.3) is 15.9 Å². The number of rotatable bonds is 9.